The molecule has 1 aliphatic heterocycles. The van der Waals surface area contributed by atoms with Crippen LogP contribution in [0.5, 0.6) is 5.75 Å². The summed E-state index contributed by atoms with van der Waals surface area (Å²) in [5.74, 6) is 0.737. The van der Waals surface area contributed by atoms with E-state index in [0.717, 1.165) is 19.4 Å². The average Bonchev–Trinajstić information content (AvgIpc) is 2.50. The van der Waals surface area contributed by atoms with Crippen molar-refractivity contribution in [1.82, 2.24) is 4.90 Å². The SMILES string of the molecule is CCCC(=O)c1ccc2c(c1)N(CCCN(C)C)C(=O)C(C)O2. The molecule has 0 bridgehead atoms. The smallest absolute Gasteiger partial charge is 0.267 e. The first-order chi connectivity index (χ1) is 10.9. The summed E-state index contributed by atoms with van der Waals surface area (Å²) >= 11 is 0. The minimum atomic E-state index is -0.487. The Kier molecular flexibility index (Phi) is 5.77. The molecule has 1 aromatic carbocycles. The largest absolute Gasteiger partial charge is 0.479 e. The lowest BCUT2D eigenvalue weighted by Crippen LogP contribution is -2.45. The molecule has 0 aliphatic carbocycles. The third-order valence-electron chi connectivity index (χ3n) is 3.95. The molecule has 0 fully saturated rings. The highest BCUT2D eigenvalue weighted by Gasteiger charge is 2.31. The van der Waals surface area contributed by atoms with Crippen LogP contribution in [0.25, 0.3) is 0 Å². The van der Waals surface area contributed by atoms with Crippen LogP contribution >= 0.6 is 0 Å². The number of hydrogen-bond donors (Lipinski definition) is 0. The number of hydrogen-bond acceptors (Lipinski definition) is 4. The first-order valence-corrected chi connectivity index (χ1v) is 8.24. The van der Waals surface area contributed by atoms with E-state index >= 15 is 0 Å². The predicted octanol–water partition coefficient (Wildman–Crippen LogP) is 2.74. The molecule has 23 heavy (non-hydrogen) atoms. The Balaban J connectivity index is 2.27. The third kappa shape index (κ3) is 4.10. The predicted molar refractivity (Wildman–Crippen MR) is 91.3 cm³/mol. The Labute approximate surface area is 138 Å². The van der Waals surface area contributed by atoms with E-state index in [2.05, 4.69) is 4.90 Å². The van der Waals surface area contributed by atoms with Crippen LogP contribution in [0, 0.1) is 0 Å². The van der Waals surface area contributed by atoms with Crippen molar-refractivity contribution in [2.24, 2.45) is 0 Å². The Hall–Kier alpha value is -1.88. The second-order valence-corrected chi connectivity index (χ2v) is 6.26. The normalized spacial score (nSPS) is 17.2. The van der Waals surface area contributed by atoms with E-state index in [4.69, 9.17) is 4.74 Å². The second-order valence-electron chi connectivity index (χ2n) is 6.26. The van der Waals surface area contributed by atoms with Crippen molar-refractivity contribution < 1.29 is 14.3 Å². The van der Waals surface area contributed by atoms with Crippen molar-refractivity contribution in [3.63, 3.8) is 0 Å². The maximum absolute atomic E-state index is 12.5. The number of carbonyl (C=O) groups is 2. The van der Waals surface area contributed by atoms with Crippen LogP contribution in [-0.2, 0) is 4.79 Å². The molecule has 0 radical (unpaired) electrons. The number of rotatable bonds is 7. The number of Topliss-reactive ketones (excluding diaryl/α,β-unsaturated/α-hetero) is 1. The first kappa shape index (κ1) is 17.5. The van der Waals surface area contributed by atoms with Gasteiger partial charge in [0.05, 0.1) is 5.69 Å². The molecular weight excluding hydrogens is 292 g/mol. The Bertz CT molecular complexity index is 584. The molecule has 0 saturated carbocycles. The minimum absolute atomic E-state index is 0.0450. The Morgan fingerprint density at radius 1 is 1.35 bits per heavy atom. The van der Waals surface area contributed by atoms with Gasteiger partial charge in [-0.25, -0.2) is 0 Å². The van der Waals surface area contributed by atoms with Crippen LogP contribution in [0.15, 0.2) is 18.2 Å². The summed E-state index contributed by atoms with van der Waals surface area (Å²) < 4.78 is 5.68. The summed E-state index contributed by atoms with van der Waals surface area (Å²) in [6.45, 7) is 5.28. The number of fused-ring (bicyclic) bond motifs is 1. The molecule has 1 amide bonds. The quantitative estimate of drug-likeness (QED) is 0.725. The fourth-order valence-electron chi connectivity index (χ4n) is 2.73. The third-order valence-corrected chi connectivity index (χ3v) is 3.95. The zero-order valence-electron chi connectivity index (χ0n) is 14.5. The topological polar surface area (TPSA) is 49.9 Å². The van der Waals surface area contributed by atoms with Gasteiger partial charge in [-0.05, 0) is 58.6 Å². The van der Waals surface area contributed by atoms with E-state index in [1.165, 1.54) is 0 Å². The second kappa shape index (κ2) is 7.59. The number of amides is 1. The van der Waals surface area contributed by atoms with Gasteiger partial charge < -0.3 is 14.5 Å². The molecular formula is C18H26N2O3. The summed E-state index contributed by atoms with van der Waals surface area (Å²) in [6, 6.07) is 5.39. The zero-order valence-corrected chi connectivity index (χ0v) is 14.5. The Morgan fingerprint density at radius 2 is 2.09 bits per heavy atom. The van der Waals surface area contributed by atoms with Gasteiger partial charge in [0.2, 0.25) is 0 Å². The first-order valence-electron chi connectivity index (χ1n) is 8.24. The number of carbonyl (C=O) groups excluding carboxylic acids is 2. The summed E-state index contributed by atoms with van der Waals surface area (Å²) in [5.41, 5.74) is 1.36. The van der Waals surface area contributed by atoms with E-state index in [0.29, 0.717) is 30.0 Å². The number of ketones is 1. The molecule has 1 atom stereocenters. The van der Waals surface area contributed by atoms with Crippen molar-refractivity contribution >= 4 is 17.4 Å². The van der Waals surface area contributed by atoms with E-state index in [1.807, 2.05) is 21.0 Å². The number of ether oxygens (including phenoxy) is 1. The summed E-state index contributed by atoms with van der Waals surface area (Å²) in [5, 5.41) is 0. The summed E-state index contributed by atoms with van der Waals surface area (Å²) in [7, 11) is 4.03. The van der Waals surface area contributed by atoms with Gasteiger partial charge in [0.1, 0.15) is 5.75 Å². The van der Waals surface area contributed by atoms with Gasteiger partial charge in [-0.15, -0.1) is 0 Å². The number of anilines is 1. The van der Waals surface area contributed by atoms with Gasteiger partial charge >= 0.3 is 0 Å². The van der Waals surface area contributed by atoms with Gasteiger partial charge in [0.15, 0.2) is 11.9 Å². The van der Waals surface area contributed by atoms with Gasteiger partial charge in [0, 0.05) is 18.5 Å². The maximum Gasteiger partial charge on any atom is 0.267 e. The molecule has 5 nitrogen and oxygen atoms in total. The molecule has 5 heteroatoms. The molecule has 0 spiro atoms. The van der Waals surface area contributed by atoms with Crippen LogP contribution in [-0.4, -0.2) is 49.9 Å². The van der Waals surface area contributed by atoms with Crippen LogP contribution in [0.1, 0.15) is 43.5 Å². The Morgan fingerprint density at radius 3 is 2.74 bits per heavy atom. The molecule has 1 aromatic rings. The van der Waals surface area contributed by atoms with E-state index in [-0.39, 0.29) is 11.7 Å². The average molecular weight is 318 g/mol. The zero-order chi connectivity index (χ0) is 17.0. The lowest BCUT2D eigenvalue weighted by atomic mass is 10.0. The maximum atomic E-state index is 12.5. The van der Waals surface area contributed by atoms with E-state index < -0.39 is 6.10 Å². The van der Waals surface area contributed by atoms with Crippen molar-refractivity contribution in [3.05, 3.63) is 23.8 Å². The van der Waals surface area contributed by atoms with Gasteiger partial charge in [-0.1, -0.05) is 6.92 Å². The standard InChI is InChI=1S/C18H26N2O3/c1-5-7-16(21)14-8-9-17-15(12-14)20(11-6-10-19(3)4)18(22)13(2)23-17/h8-9,12-13H,5-7,10-11H2,1-4H3. The monoisotopic (exact) mass is 318 g/mol. The van der Waals surface area contributed by atoms with Crippen molar-refractivity contribution in [3.8, 4) is 5.75 Å². The van der Waals surface area contributed by atoms with E-state index in [9.17, 15) is 9.59 Å². The van der Waals surface area contributed by atoms with Crippen LogP contribution in [0.4, 0.5) is 5.69 Å². The molecule has 0 saturated heterocycles. The van der Waals surface area contributed by atoms with Crippen LogP contribution in [0.3, 0.4) is 0 Å². The lowest BCUT2D eigenvalue weighted by Gasteiger charge is -2.33. The van der Waals surface area contributed by atoms with Gasteiger partial charge in [-0.2, -0.15) is 0 Å². The lowest BCUT2D eigenvalue weighted by molar-refractivity contribution is -0.125. The van der Waals surface area contributed by atoms with Crippen molar-refractivity contribution in [2.45, 2.75) is 39.2 Å². The summed E-state index contributed by atoms with van der Waals surface area (Å²) in [6.07, 6.45) is 1.72. The number of benzene rings is 1. The highest BCUT2D eigenvalue weighted by atomic mass is 16.5. The highest BCUT2D eigenvalue weighted by molar-refractivity contribution is 6.03. The molecule has 2 rings (SSSR count). The molecule has 1 aliphatic rings. The highest BCUT2D eigenvalue weighted by Crippen LogP contribution is 2.35. The molecule has 126 valence electrons. The van der Waals surface area contributed by atoms with Crippen LogP contribution in [0.2, 0.25) is 0 Å². The van der Waals surface area contributed by atoms with Crippen molar-refractivity contribution in [1.29, 1.82) is 0 Å². The van der Waals surface area contributed by atoms with Gasteiger partial charge in [-0.3, -0.25) is 9.59 Å². The fourth-order valence-corrected chi connectivity index (χ4v) is 2.73. The van der Waals surface area contributed by atoms with Crippen LogP contribution < -0.4 is 9.64 Å². The van der Waals surface area contributed by atoms with E-state index in [1.54, 1.807) is 30.0 Å². The molecule has 1 heterocycles. The minimum Gasteiger partial charge on any atom is -0.479 e. The molecule has 1 unspecified atom stereocenters. The van der Waals surface area contributed by atoms with Gasteiger partial charge in [0.25, 0.3) is 5.91 Å². The molecule has 0 N–H and O–H groups in total. The molecule has 0 aromatic heterocycles. The number of nitrogens with zero attached hydrogens (tertiary/aromatic N) is 2. The fraction of sp³-hybridized carbons (Fsp3) is 0.556. The van der Waals surface area contributed by atoms with Crippen molar-refractivity contribution in [2.75, 3.05) is 32.1 Å². The summed E-state index contributed by atoms with van der Waals surface area (Å²) in [4.78, 5) is 28.5.